The van der Waals surface area contributed by atoms with Crippen molar-refractivity contribution in [3.8, 4) is 0 Å². The largest absolute Gasteiger partial charge is 0.467 e. The first-order chi connectivity index (χ1) is 11.6. The van der Waals surface area contributed by atoms with Crippen LogP contribution in [-0.4, -0.2) is 48.7 Å². The summed E-state index contributed by atoms with van der Waals surface area (Å²) in [4.78, 5) is 8.61. The van der Waals surface area contributed by atoms with Gasteiger partial charge >= 0.3 is 0 Å². The minimum Gasteiger partial charge on any atom is -0.467 e. The number of nitrogens with zero attached hydrogens (tertiary/aromatic N) is 3. The molecule has 1 saturated heterocycles. The minimum absolute atomic E-state index is 0.191. The first-order valence-corrected chi connectivity index (χ1v) is 8.28. The molecule has 128 valence electrons. The van der Waals surface area contributed by atoms with Crippen LogP contribution in [0.2, 0.25) is 5.02 Å². The van der Waals surface area contributed by atoms with Gasteiger partial charge in [0.05, 0.1) is 12.8 Å². The lowest BCUT2D eigenvalue weighted by Crippen LogP contribution is -2.51. The number of furan rings is 1. The molecule has 0 bridgehead atoms. The van der Waals surface area contributed by atoms with E-state index in [1.54, 1.807) is 12.1 Å². The first kappa shape index (κ1) is 16.7. The second-order valence-electron chi connectivity index (χ2n) is 5.68. The first-order valence-electron chi connectivity index (χ1n) is 7.90. The predicted octanol–water partition coefficient (Wildman–Crippen LogP) is 2.10. The van der Waals surface area contributed by atoms with E-state index in [1.807, 2.05) is 29.2 Å². The standard InChI is InChI=1S/C17H21ClN4O2/c18-13-3-5-14(6-4-13)21-7-9-22(10-8-21)17(19)20-12-15(23)16-2-1-11-24-16/h1-6,11,15,23H,7-10,12H2,(H2,19,20). The maximum absolute atomic E-state index is 9.98. The number of benzene rings is 1. The fraction of sp³-hybridized carbons (Fsp3) is 0.353. The molecule has 1 aromatic heterocycles. The molecule has 0 spiro atoms. The molecule has 1 aromatic carbocycles. The van der Waals surface area contributed by atoms with E-state index in [-0.39, 0.29) is 6.54 Å². The third kappa shape index (κ3) is 4.01. The Kier molecular flexibility index (Phi) is 5.27. The normalized spacial score (nSPS) is 17.2. The maximum atomic E-state index is 9.98. The van der Waals surface area contributed by atoms with Gasteiger partial charge < -0.3 is 25.1 Å². The van der Waals surface area contributed by atoms with Crippen LogP contribution in [0.3, 0.4) is 0 Å². The Labute approximate surface area is 146 Å². The Morgan fingerprint density at radius 3 is 2.54 bits per heavy atom. The molecule has 1 fully saturated rings. The number of hydrogen-bond acceptors (Lipinski definition) is 4. The summed E-state index contributed by atoms with van der Waals surface area (Å²) >= 11 is 5.93. The second kappa shape index (κ2) is 7.59. The van der Waals surface area contributed by atoms with Gasteiger partial charge in [-0.2, -0.15) is 0 Å². The van der Waals surface area contributed by atoms with Crippen LogP contribution in [0.15, 0.2) is 52.1 Å². The van der Waals surface area contributed by atoms with Crippen molar-refractivity contribution in [3.63, 3.8) is 0 Å². The van der Waals surface area contributed by atoms with Gasteiger partial charge in [0.25, 0.3) is 0 Å². The molecule has 1 aliphatic heterocycles. The van der Waals surface area contributed by atoms with Crippen molar-refractivity contribution in [2.45, 2.75) is 6.10 Å². The van der Waals surface area contributed by atoms with Gasteiger partial charge in [-0.15, -0.1) is 0 Å². The Morgan fingerprint density at radius 1 is 1.21 bits per heavy atom. The fourth-order valence-corrected chi connectivity index (χ4v) is 2.82. The molecule has 6 nitrogen and oxygen atoms in total. The van der Waals surface area contributed by atoms with Crippen molar-refractivity contribution in [1.29, 1.82) is 0 Å². The lowest BCUT2D eigenvalue weighted by Gasteiger charge is -2.36. The summed E-state index contributed by atoms with van der Waals surface area (Å²) in [6, 6.07) is 11.3. The predicted molar refractivity (Wildman–Crippen MR) is 95.4 cm³/mol. The Morgan fingerprint density at radius 2 is 1.92 bits per heavy atom. The van der Waals surface area contributed by atoms with Crippen LogP contribution in [0.25, 0.3) is 0 Å². The summed E-state index contributed by atoms with van der Waals surface area (Å²) in [6.07, 6.45) is 0.760. The van der Waals surface area contributed by atoms with Crippen LogP contribution in [0.5, 0.6) is 0 Å². The number of aliphatic hydroxyl groups excluding tert-OH is 1. The van der Waals surface area contributed by atoms with E-state index in [4.69, 9.17) is 21.8 Å². The molecule has 2 aromatic rings. The molecule has 1 unspecified atom stereocenters. The van der Waals surface area contributed by atoms with E-state index in [9.17, 15) is 5.11 Å². The van der Waals surface area contributed by atoms with Gasteiger partial charge in [-0.3, -0.25) is 4.99 Å². The number of halogens is 1. The van der Waals surface area contributed by atoms with Gasteiger partial charge in [-0.1, -0.05) is 11.6 Å². The smallest absolute Gasteiger partial charge is 0.191 e. The molecule has 3 N–H and O–H groups in total. The highest BCUT2D eigenvalue weighted by molar-refractivity contribution is 6.30. The number of hydrogen-bond donors (Lipinski definition) is 2. The average molecular weight is 349 g/mol. The maximum Gasteiger partial charge on any atom is 0.191 e. The topological polar surface area (TPSA) is 78.2 Å². The quantitative estimate of drug-likeness (QED) is 0.653. The lowest BCUT2D eigenvalue weighted by atomic mass is 10.2. The average Bonchev–Trinajstić information content (AvgIpc) is 3.15. The highest BCUT2D eigenvalue weighted by Crippen LogP contribution is 2.19. The van der Waals surface area contributed by atoms with Crippen LogP contribution in [0.1, 0.15) is 11.9 Å². The van der Waals surface area contributed by atoms with Crippen molar-refractivity contribution in [3.05, 3.63) is 53.4 Å². The van der Waals surface area contributed by atoms with Gasteiger partial charge in [0.15, 0.2) is 5.96 Å². The molecular formula is C17H21ClN4O2. The summed E-state index contributed by atoms with van der Waals surface area (Å²) in [5, 5.41) is 10.7. The van der Waals surface area contributed by atoms with Crippen molar-refractivity contribution in [1.82, 2.24) is 4.90 Å². The van der Waals surface area contributed by atoms with E-state index in [2.05, 4.69) is 9.89 Å². The molecule has 0 saturated carbocycles. The van der Waals surface area contributed by atoms with Crippen LogP contribution in [0.4, 0.5) is 5.69 Å². The third-order valence-corrected chi connectivity index (χ3v) is 4.35. The van der Waals surface area contributed by atoms with Gasteiger partial charge in [0.2, 0.25) is 0 Å². The van der Waals surface area contributed by atoms with Crippen LogP contribution >= 0.6 is 11.6 Å². The van der Waals surface area contributed by atoms with Gasteiger partial charge in [-0.05, 0) is 36.4 Å². The van der Waals surface area contributed by atoms with Crippen molar-refractivity contribution >= 4 is 23.2 Å². The highest BCUT2D eigenvalue weighted by Gasteiger charge is 2.19. The Hall–Kier alpha value is -2.18. The van der Waals surface area contributed by atoms with Crippen LogP contribution < -0.4 is 10.6 Å². The molecule has 0 amide bonds. The second-order valence-corrected chi connectivity index (χ2v) is 6.12. The molecule has 3 rings (SSSR count). The van der Waals surface area contributed by atoms with Crippen LogP contribution in [-0.2, 0) is 0 Å². The number of rotatable bonds is 4. The molecule has 1 atom stereocenters. The molecule has 2 heterocycles. The SMILES string of the molecule is NC(=NCC(O)c1ccco1)N1CCN(c2ccc(Cl)cc2)CC1. The summed E-state index contributed by atoms with van der Waals surface area (Å²) in [5.74, 6) is 0.954. The molecular weight excluding hydrogens is 328 g/mol. The summed E-state index contributed by atoms with van der Waals surface area (Å²) < 4.78 is 5.15. The highest BCUT2D eigenvalue weighted by atomic mass is 35.5. The number of aliphatic imine (C=N–C) groups is 1. The van der Waals surface area contributed by atoms with Gasteiger partial charge in [0.1, 0.15) is 11.9 Å². The molecule has 0 radical (unpaired) electrons. The molecule has 0 aliphatic carbocycles. The van der Waals surface area contributed by atoms with Gasteiger partial charge in [0, 0.05) is 36.9 Å². The van der Waals surface area contributed by atoms with Crippen LogP contribution in [0, 0.1) is 0 Å². The van der Waals surface area contributed by atoms with Crippen molar-refractivity contribution in [2.24, 2.45) is 10.7 Å². The van der Waals surface area contributed by atoms with E-state index in [0.29, 0.717) is 11.7 Å². The van der Waals surface area contributed by atoms with Crippen molar-refractivity contribution in [2.75, 3.05) is 37.6 Å². The van der Waals surface area contributed by atoms with E-state index >= 15 is 0 Å². The number of nitrogens with two attached hydrogens (primary N) is 1. The van der Waals surface area contributed by atoms with E-state index in [1.165, 1.54) is 6.26 Å². The summed E-state index contributed by atoms with van der Waals surface area (Å²) in [5.41, 5.74) is 7.21. The summed E-state index contributed by atoms with van der Waals surface area (Å²) in [6.45, 7) is 3.48. The summed E-state index contributed by atoms with van der Waals surface area (Å²) in [7, 11) is 0. The number of aliphatic hydroxyl groups is 1. The van der Waals surface area contributed by atoms with E-state index < -0.39 is 6.10 Å². The monoisotopic (exact) mass is 348 g/mol. The zero-order chi connectivity index (χ0) is 16.9. The number of guanidine groups is 1. The zero-order valence-electron chi connectivity index (χ0n) is 13.3. The molecule has 7 heteroatoms. The number of anilines is 1. The lowest BCUT2D eigenvalue weighted by molar-refractivity contribution is 0.158. The minimum atomic E-state index is -0.770. The number of piperazine rings is 1. The molecule has 1 aliphatic rings. The van der Waals surface area contributed by atoms with Crippen molar-refractivity contribution < 1.29 is 9.52 Å². The van der Waals surface area contributed by atoms with Gasteiger partial charge in [-0.25, -0.2) is 0 Å². The van der Waals surface area contributed by atoms with E-state index in [0.717, 1.165) is 36.9 Å². The Balaban J connectivity index is 1.52. The zero-order valence-corrected chi connectivity index (χ0v) is 14.1. The third-order valence-electron chi connectivity index (χ3n) is 4.09. The molecule has 24 heavy (non-hydrogen) atoms. The Bertz CT molecular complexity index is 664. The fourth-order valence-electron chi connectivity index (χ4n) is 2.70.